The Hall–Kier alpha value is -1.62. The standard InChI is InChI=1S/C21H33N3O2/c1-18(17-23-12-3-2-4-13-23)21(25)24-14-7-19(8-15-24)9-16-26-20-5-10-22-11-6-20/h5-6,10-11,18-19H,2-4,7-9,12-17H2,1H3. The summed E-state index contributed by atoms with van der Waals surface area (Å²) in [5.41, 5.74) is 0. The average Bonchev–Trinajstić information content (AvgIpc) is 2.69. The largest absolute Gasteiger partial charge is 0.493 e. The van der Waals surface area contributed by atoms with E-state index < -0.39 is 0 Å². The van der Waals surface area contributed by atoms with Crippen molar-refractivity contribution < 1.29 is 9.53 Å². The molecule has 0 aliphatic carbocycles. The van der Waals surface area contributed by atoms with Gasteiger partial charge in [0.05, 0.1) is 6.61 Å². The lowest BCUT2D eigenvalue weighted by atomic mass is 9.93. The van der Waals surface area contributed by atoms with Crippen molar-refractivity contribution in [1.82, 2.24) is 14.8 Å². The highest BCUT2D eigenvalue weighted by Crippen LogP contribution is 2.23. The number of nitrogens with zero attached hydrogens (tertiary/aromatic N) is 3. The third-order valence-corrected chi connectivity index (χ3v) is 5.77. The Labute approximate surface area is 157 Å². The first-order valence-electron chi connectivity index (χ1n) is 10.3. The molecule has 5 nitrogen and oxygen atoms in total. The van der Waals surface area contributed by atoms with E-state index in [4.69, 9.17) is 4.74 Å². The summed E-state index contributed by atoms with van der Waals surface area (Å²) in [5.74, 6) is 2.03. The normalized spacial score (nSPS) is 20.7. The Morgan fingerprint density at radius 3 is 2.54 bits per heavy atom. The van der Waals surface area contributed by atoms with Gasteiger partial charge in [-0.1, -0.05) is 13.3 Å². The first kappa shape index (κ1) is 19.2. The maximum absolute atomic E-state index is 12.7. The van der Waals surface area contributed by atoms with Crippen LogP contribution >= 0.6 is 0 Å². The van der Waals surface area contributed by atoms with Crippen LogP contribution in [0, 0.1) is 11.8 Å². The van der Waals surface area contributed by atoms with Crippen molar-refractivity contribution >= 4 is 5.91 Å². The second kappa shape index (κ2) is 9.91. The topological polar surface area (TPSA) is 45.7 Å². The molecule has 2 aliphatic heterocycles. The molecule has 3 heterocycles. The van der Waals surface area contributed by atoms with Crippen molar-refractivity contribution in [2.45, 2.75) is 45.4 Å². The number of piperidine rings is 2. The molecule has 0 aromatic carbocycles. The van der Waals surface area contributed by atoms with Gasteiger partial charge >= 0.3 is 0 Å². The van der Waals surface area contributed by atoms with E-state index in [9.17, 15) is 4.79 Å². The zero-order valence-corrected chi connectivity index (χ0v) is 16.1. The van der Waals surface area contributed by atoms with Crippen molar-refractivity contribution in [3.8, 4) is 5.75 Å². The Kier molecular flexibility index (Phi) is 7.30. The minimum atomic E-state index is 0.125. The first-order chi connectivity index (χ1) is 12.7. The molecule has 2 fully saturated rings. The molecular formula is C21H33N3O2. The molecule has 26 heavy (non-hydrogen) atoms. The molecule has 1 atom stereocenters. The van der Waals surface area contributed by atoms with Gasteiger partial charge < -0.3 is 14.5 Å². The minimum Gasteiger partial charge on any atom is -0.493 e. The predicted molar refractivity (Wildman–Crippen MR) is 103 cm³/mol. The lowest BCUT2D eigenvalue weighted by molar-refractivity contribution is -0.137. The summed E-state index contributed by atoms with van der Waals surface area (Å²) in [4.78, 5) is 21.3. The van der Waals surface area contributed by atoms with Crippen LogP contribution in [0.2, 0.25) is 0 Å². The van der Waals surface area contributed by atoms with E-state index in [1.807, 2.05) is 12.1 Å². The third-order valence-electron chi connectivity index (χ3n) is 5.77. The van der Waals surface area contributed by atoms with E-state index in [0.29, 0.717) is 11.8 Å². The summed E-state index contributed by atoms with van der Waals surface area (Å²) in [6.07, 6.45) is 10.7. The zero-order chi connectivity index (χ0) is 18.2. The monoisotopic (exact) mass is 359 g/mol. The summed E-state index contributed by atoms with van der Waals surface area (Å²) >= 11 is 0. The van der Waals surface area contributed by atoms with Crippen LogP contribution in [0.4, 0.5) is 0 Å². The molecule has 144 valence electrons. The molecule has 3 rings (SSSR count). The fourth-order valence-corrected chi connectivity index (χ4v) is 4.14. The lowest BCUT2D eigenvalue weighted by Crippen LogP contribution is -2.45. The van der Waals surface area contributed by atoms with E-state index in [1.54, 1.807) is 12.4 Å². The highest BCUT2D eigenvalue weighted by molar-refractivity contribution is 5.78. The number of ether oxygens (including phenoxy) is 1. The minimum absolute atomic E-state index is 0.125. The number of pyridine rings is 1. The van der Waals surface area contributed by atoms with E-state index >= 15 is 0 Å². The average molecular weight is 360 g/mol. The number of hydrogen-bond acceptors (Lipinski definition) is 4. The fourth-order valence-electron chi connectivity index (χ4n) is 4.14. The maximum Gasteiger partial charge on any atom is 0.226 e. The van der Waals surface area contributed by atoms with Gasteiger partial charge in [-0.2, -0.15) is 0 Å². The highest BCUT2D eigenvalue weighted by atomic mass is 16.5. The van der Waals surface area contributed by atoms with Crippen LogP contribution in [0.25, 0.3) is 0 Å². The van der Waals surface area contributed by atoms with Crippen LogP contribution in [0.5, 0.6) is 5.75 Å². The molecule has 2 aliphatic rings. The second-order valence-corrected chi connectivity index (χ2v) is 7.85. The Bertz CT molecular complexity index is 537. The van der Waals surface area contributed by atoms with Gasteiger partial charge in [0.2, 0.25) is 5.91 Å². The number of likely N-dealkylation sites (tertiary alicyclic amines) is 2. The van der Waals surface area contributed by atoms with Gasteiger partial charge in [-0.05, 0) is 63.2 Å². The predicted octanol–water partition coefficient (Wildman–Crippen LogP) is 3.21. The van der Waals surface area contributed by atoms with Gasteiger partial charge in [0.25, 0.3) is 0 Å². The molecular weight excluding hydrogens is 326 g/mol. The summed E-state index contributed by atoms with van der Waals surface area (Å²) < 4.78 is 5.78. The Morgan fingerprint density at radius 1 is 1.15 bits per heavy atom. The van der Waals surface area contributed by atoms with Crippen LogP contribution in [-0.4, -0.2) is 60.0 Å². The SMILES string of the molecule is CC(CN1CCCCC1)C(=O)N1CCC(CCOc2ccncc2)CC1. The van der Waals surface area contributed by atoms with E-state index in [-0.39, 0.29) is 5.92 Å². The Morgan fingerprint density at radius 2 is 1.85 bits per heavy atom. The first-order valence-corrected chi connectivity index (χ1v) is 10.3. The van der Waals surface area contributed by atoms with Gasteiger partial charge in [0.1, 0.15) is 5.75 Å². The molecule has 1 amide bonds. The summed E-state index contributed by atoms with van der Waals surface area (Å²) in [7, 11) is 0. The maximum atomic E-state index is 12.7. The van der Waals surface area contributed by atoms with Crippen LogP contribution < -0.4 is 4.74 Å². The van der Waals surface area contributed by atoms with Crippen molar-refractivity contribution in [2.24, 2.45) is 11.8 Å². The van der Waals surface area contributed by atoms with Gasteiger partial charge in [0.15, 0.2) is 0 Å². The molecule has 1 aromatic heterocycles. The molecule has 0 bridgehead atoms. The van der Waals surface area contributed by atoms with Gasteiger partial charge in [0, 0.05) is 37.9 Å². The van der Waals surface area contributed by atoms with E-state index in [1.165, 1.54) is 19.3 Å². The molecule has 0 N–H and O–H groups in total. The number of amides is 1. The molecule has 1 unspecified atom stereocenters. The van der Waals surface area contributed by atoms with Crippen molar-refractivity contribution in [3.05, 3.63) is 24.5 Å². The number of carbonyl (C=O) groups excluding carboxylic acids is 1. The van der Waals surface area contributed by atoms with Crippen LogP contribution in [0.1, 0.15) is 45.4 Å². The number of aromatic nitrogens is 1. The van der Waals surface area contributed by atoms with Crippen molar-refractivity contribution in [3.63, 3.8) is 0 Å². The smallest absolute Gasteiger partial charge is 0.226 e. The lowest BCUT2D eigenvalue weighted by Gasteiger charge is -2.35. The number of carbonyl (C=O) groups is 1. The quantitative estimate of drug-likeness (QED) is 0.750. The van der Waals surface area contributed by atoms with Crippen LogP contribution in [0.15, 0.2) is 24.5 Å². The molecule has 0 saturated carbocycles. The number of rotatable bonds is 7. The molecule has 0 spiro atoms. The van der Waals surface area contributed by atoms with E-state index in [0.717, 1.165) is 64.3 Å². The summed E-state index contributed by atoms with van der Waals surface area (Å²) in [6, 6.07) is 3.79. The molecule has 2 saturated heterocycles. The van der Waals surface area contributed by atoms with Crippen LogP contribution in [0.3, 0.4) is 0 Å². The molecule has 0 radical (unpaired) electrons. The van der Waals surface area contributed by atoms with Gasteiger partial charge in [-0.15, -0.1) is 0 Å². The second-order valence-electron chi connectivity index (χ2n) is 7.85. The fraction of sp³-hybridized carbons (Fsp3) is 0.714. The number of hydrogen-bond donors (Lipinski definition) is 0. The van der Waals surface area contributed by atoms with Crippen molar-refractivity contribution in [1.29, 1.82) is 0 Å². The summed E-state index contributed by atoms with van der Waals surface area (Å²) in [5, 5.41) is 0. The molecule has 5 heteroatoms. The Balaban J connectivity index is 1.34. The summed E-state index contributed by atoms with van der Waals surface area (Å²) in [6.45, 7) is 7.92. The van der Waals surface area contributed by atoms with Crippen molar-refractivity contribution in [2.75, 3.05) is 39.3 Å². The molecule has 1 aromatic rings. The zero-order valence-electron chi connectivity index (χ0n) is 16.1. The van der Waals surface area contributed by atoms with Gasteiger partial charge in [-0.3, -0.25) is 9.78 Å². The van der Waals surface area contributed by atoms with E-state index in [2.05, 4.69) is 21.7 Å². The van der Waals surface area contributed by atoms with Crippen LogP contribution in [-0.2, 0) is 4.79 Å². The highest BCUT2D eigenvalue weighted by Gasteiger charge is 2.27. The third kappa shape index (κ3) is 5.70. The van der Waals surface area contributed by atoms with Gasteiger partial charge in [-0.25, -0.2) is 0 Å².